The first-order valence-electron chi connectivity index (χ1n) is 10.3. The van der Waals surface area contributed by atoms with E-state index in [-0.39, 0.29) is 29.6 Å². The Labute approximate surface area is 164 Å². The minimum Gasteiger partial charge on any atom is -0.372 e. The Balaban J connectivity index is 1.28. The number of carbonyl (C=O) groups is 3. The van der Waals surface area contributed by atoms with Crippen molar-refractivity contribution in [2.24, 2.45) is 23.7 Å². The van der Waals surface area contributed by atoms with Crippen LogP contribution in [0, 0.1) is 23.7 Å². The minimum atomic E-state index is -1.25. The molecular weight excluding hydrogens is 354 g/mol. The van der Waals surface area contributed by atoms with E-state index < -0.39 is 17.7 Å². The highest BCUT2D eigenvalue weighted by Gasteiger charge is 2.56. The van der Waals surface area contributed by atoms with E-state index in [1.54, 1.807) is 0 Å². The average molecular weight is 379 g/mol. The van der Waals surface area contributed by atoms with Crippen LogP contribution in [0.5, 0.6) is 0 Å². The van der Waals surface area contributed by atoms with Crippen LogP contribution < -0.4 is 15.5 Å². The summed E-state index contributed by atoms with van der Waals surface area (Å²) in [5.74, 6) is -2.35. The maximum absolute atomic E-state index is 12.9. The van der Waals surface area contributed by atoms with Gasteiger partial charge in [0.25, 0.3) is 0 Å². The molecule has 1 unspecified atom stereocenters. The van der Waals surface area contributed by atoms with E-state index in [0.717, 1.165) is 25.2 Å². The van der Waals surface area contributed by atoms with Gasteiger partial charge in [0, 0.05) is 36.4 Å². The lowest BCUT2D eigenvalue weighted by Crippen LogP contribution is -2.59. The fraction of sp³-hybridized carbons (Fsp3) is 0.500. The topological polar surface area (TPSA) is 78.5 Å². The van der Waals surface area contributed by atoms with E-state index in [1.807, 2.05) is 24.3 Å². The third kappa shape index (κ3) is 2.82. The maximum Gasteiger partial charge on any atom is 0.244 e. The highest BCUT2D eigenvalue weighted by Crippen LogP contribution is 2.46. The van der Waals surface area contributed by atoms with Crippen molar-refractivity contribution in [2.45, 2.75) is 31.7 Å². The molecule has 2 amide bonds. The van der Waals surface area contributed by atoms with Crippen LogP contribution in [0.1, 0.15) is 25.7 Å². The second-order valence-electron chi connectivity index (χ2n) is 8.43. The summed E-state index contributed by atoms with van der Waals surface area (Å²) in [7, 11) is 0. The molecule has 6 heteroatoms. The Morgan fingerprint density at radius 2 is 1.71 bits per heavy atom. The lowest BCUT2D eigenvalue weighted by atomic mass is 9.76. The standard InChI is InChI=1S/C22H25N3O3/c26-20-17-13-4-5-14(12-13)19(17)24-22(28)18(20)21(27)23-15-6-8-16(9-7-15)25-10-2-1-3-11-25/h4-9,13-14,17-19H,1-3,10-12H2,(H,23,27)(H,24,28)/t13-,14+,17-,18?,19+/m0/s1. The first-order chi connectivity index (χ1) is 13.6. The second kappa shape index (κ2) is 6.76. The third-order valence-corrected chi connectivity index (χ3v) is 6.76. The van der Waals surface area contributed by atoms with Crippen LogP contribution >= 0.6 is 0 Å². The van der Waals surface area contributed by atoms with Gasteiger partial charge in [-0.15, -0.1) is 0 Å². The van der Waals surface area contributed by atoms with Crippen molar-refractivity contribution in [3.8, 4) is 0 Å². The molecule has 0 aromatic heterocycles. The number of amides is 2. The molecule has 1 aromatic carbocycles. The molecule has 2 N–H and O–H groups in total. The summed E-state index contributed by atoms with van der Waals surface area (Å²) in [6, 6.07) is 7.52. The Morgan fingerprint density at radius 3 is 2.46 bits per heavy atom. The SMILES string of the molecule is O=C(Nc1ccc(N2CCCCC2)cc1)C1C(=O)N[C@H]2[C@@H](C1=O)[C@H]1C=C[C@@H]2C1. The highest BCUT2D eigenvalue weighted by atomic mass is 16.2. The monoisotopic (exact) mass is 379 g/mol. The molecule has 1 saturated carbocycles. The number of rotatable bonds is 3. The Bertz CT molecular complexity index is 841. The maximum atomic E-state index is 12.9. The molecular formula is C22H25N3O3. The smallest absolute Gasteiger partial charge is 0.244 e. The molecule has 2 heterocycles. The lowest BCUT2D eigenvalue weighted by molar-refractivity contribution is -0.146. The number of hydrogen-bond donors (Lipinski definition) is 2. The quantitative estimate of drug-likeness (QED) is 0.623. The molecule has 2 saturated heterocycles. The van der Waals surface area contributed by atoms with Gasteiger partial charge in [0.2, 0.25) is 11.8 Å². The van der Waals surface area contributed by atoms with Gasteiger partial charge in [-0.25, -0.2) is 0 Å². The number of nitrogens with one attached hydrogen (secondary N) is 2. The number of ketones is 1. The summed E-state index contributed by atoms with van der Waals surface area (Å²) >= 11 is 0. The van der Waals surface area contributed by atoms with Gasteiger partial charge in [-0.1, -0.05) is 12.2 Å². The van der Waals surface area contributed by atoms with Crippen LogP contribution in [0.15, 0.2) is 36.4 Å². The van der Waals surface area contributed by atoms with Crippen LogP contribution in [0.25, 0.3) is 0 Å². The molecule has 28 heavy (non-hydrogen) atoms. The number of allylic oxidation sites excluding steroid dienone is 1. The largest absolute Gasteiger partial charge is 0.372 e. The normalized spacial score (nSPS) is 33.6. The number of Topliss-reactive ketones (excluding diaryl/α,β-unsaturated/α-hetero) is 1. The van der Waals surface area contributed by atoms with Gasteiger partial charge in [-0.3, -0.25) is 14.4 Å². The molecule has 5 atom stereocenters. The minimum absolute atomic E-state index is 0.136. The molecule has 1 aromatic rings. The molecule has 2 bridgehead atoms. The molecule has 2 aliphatic heterocycles. The van der Waals surface area contributed by atoms with Crippen molar-refractivity contribution in [1.82, 2.24) is 5.32 Å². The molecule has 0 spiro atoms. The van der Waals surface area contributed by atoms with Crippen molar-refractivity contribution < 1.29 is 14.4 Å². The molecule has 5 rings (SSSR count). The Kier molecular flexibility index (Phi) is 4.22. The first-order valence-corrected chi connectivity index (χ1v) is 10.3. The zero-order valence-electron chi connectivity index (χ0n) is 15.8. The van der Waals surface area contributed by atoms with Crippen LogP contribution in [0.3, 0.4) is 0 Å². The predicted molar refractivity (Wildman–Crippen MR) is 106 cm³/mol. The van der Waals surface area contributed by atoms with Crippen LogP contribution in [-0.2, 0) is 14.4 Å². The zero-order valence-corrected chi connectivity index (χ0v) is 15.8. The lowest BCUT2D eigenvalue weighted by Gasteiger charge is -2.35. The fourth-order valence-corrected chi connectivity index (χ4v) is 5.35. The van der Waals surface area contributed by atoms with Gasteiger partial charge >= 0.3 is 0 Å². The van der Waals surface area contributed by atoms with Crippen molar-refractivity contribution in [1.29, 1.82) is 0 Å². The van der Waals surface area contributed by atoms with E-state index in [4.69, 9.17) is 0 Å². The molecule has 146 valence electrons. The Morgan fingerprint density at radius 1 is 1.00 bits per heavy atom. The van der Waals surface area contributed by atoms with Crippen LogP contribution in [0.2, 0.25) is 0 Å². The summed E-state index contributed by atoms with van der Waals surface area (Å²) < 4.78 is 0. The number of nitrogens with zero attached hydrogens (tertiary/aromatic N) is 1. The number of fused-ring (bicyclic) bond motifs is 5. The van der Waals surface area contributed by atoms with E-state index in [0.29, 0.717) is 5.69 Å². The summed E-state index contributed by atoms with van der Waals surface area (Å²) in [5, 5.41) is 5.70. The number of anilines is 2. The summed E-state index contributed by atoms with van der Waals surface area (Å²) in [5.41, 5.74) is 1.75. The Hall–Kier alpha value is -2.63. The first kappa shape index (κ1) is 17.5. The molecule has 3 fully saturated rings. The van der Waals surface area contributed by atoms with Crippen molar-refractivity contribution in [2.75, 3.05) is 23.3 Å². The van der Waals surface area contributed by atoms with Crippen LogP contribution in [0.4, 0.5) is 11.4 Å². The molecule has 6 nitrogen and oxygen atoms in total. The highest BCUT2D eigenvalue weighted by molar-refractivity contribution is 6.23. The fourth-order valence-electron chi connectivity index (χ4n) is 5.35. The molecule has 4 aliphatic rings. The summed E-state index contributed by atoms with van der Waals surface area (Å²) in [6.07, 6.45) is 8.74. The van der Waals surface area contributed by atoms with Gasteiger partial charge in [-0.05, 0) is 61.8 Å². The summed E-state index contributed by atoms with van der Waals surface area (Å²) in [4.78, 5) is 40.5. The van der Waals surface area contributed by atoms with E-state index >= 15 is 0 Å². The van der Waals surface area contributed by atoms with Gasteiger partial charge in [-0.2, -0.15) is 0 Å². The summed E-state index contributed by atoms with van der Waals surface area (Å²) in [6.45, 7) is 2.11. The molecule has 0 radical (unpaired) electrons. The number of piperidine rings is 2. The average Bonchev–Trinajstić information content (AvgIpc) is 3.31. The third-order valence-electron chi connectivity index (χ3n) is 6.76. The van der Waals surface area contributed by atoms with E-state index in [1.165, 1.54) is 19.3 Å². The predicted octanol–water partition coefficient (Wildman–Crippen LogP) is 2.12. The van der Waals surface area contributed by atoms with E-state index in [2.05, 4.69) is 27.7 Å². The number of benzene rings is 1. The second-order valence-corrected chi connectivity index (χ2v) is 8.43. The molecule has 2 aliphatic carbocycles. The van der Waals surface area contributed by atoms with Crippen molar-refractivity contribution >= 4 is 29.0 Å². The van der Waals surface area contributed by atoms with Gasteiger partial charge in [0.15, 0.2) is 11.7 Å². The van der Waals surface area contributed by atoms with Gasteiger partial charge in [0.05, 0.1) is 0 Å². The van der Waals surface area contributed by atoms with Gasteiger partial charge < -0.3 is 15.5 Å². The number of carbonyl (C=O) groups excluding carboxylic acids is 3. The van der Waals surface area contributed by atoms with E-state index in [9.17, 15) is 14.4 Å². The van der Waals surface area contributed by atoms with Gasteiger partial charge in [0.1, 0.15) is 0 Å². The zero-order chi connectivity index (χ0) is 19.3. The van der Waals surface area contributed by atoms with Crippen molar-refractivity contribution in [3.05, 3.63) is 36.4 Å². The van der Waals surface area contributed by atoms with Crippen molar-refractivity contribution in [3.63, 3.8) is 0 Å². The van der Waals surface area contributed by atoms with Crippen LogP contribution in [-0.4, -0.2) is 36.7 Å². The number of hydrogen-bond acceptors (Lipinski definition) is 4.